The molecule has 0 atom stereocenters. The van der Waals surface area contributed by atoms with Gasteiger partial charge in [-0.2, -0.15) is 9.78 Å². The Morgan fingerprint density at radius 3 is 2.59 bits per heavy atom. The molecule has 0 saturated heterocycles. The molecule has 1 N–H and O–H groups in total. The Bertz CT molecular complexity index is 1160. The molecule has 2 aromatic heterocycles. The van der Waals surface area contributed by atoms with E-state index in [0.717, 1.165) is 11.1 Å². The van der Waals surface area contributed by atoms with Crippen LogP contribution in [-0.4, -0.2) is 28.3 Å². The van der Waals surface area contributed by atoms with Gasteiger partial charge in [0, 0.05) is 16.7 Å². The first-order chi connectivity index (χ1) is 13.7. The SMILES string of the molecule is CCOC(=O)c1nn(-c2ccc(C)c(C)c2)c(=O)c2c(NC(=O)C(C)C)scc12. The molecular formula is C21H23N3O4S. The molecule has 0 spiro atoms. The minimum atomic E-state index is -0.616. The van der Waals surface area contributed by atoms with E-state index >= 15 is 0 Å². The monoisotopic (exact) mass is 413 g/mol. The zero-order chi connectivity index (χ0) is 21.3. The van der Waals surface area contributed by atoms with E-state index in [2.05, 4.69) is 10.4 Å². The van der Waals surface area contributed by atoms with Crippen molar-refractivity contribution in [3.8, 4) is 5.69 Å². The molecule has 3 rings (SSSR count). The first kappa shape index (κ1) is 20.7. The highest BCUT2D eigenvalue weighted by Gasteiger charge is 2.23. The summed E-state index contributed by atoms with van der Waals surface area (Å²) in [5.74, 6) is -1.07. The van der Waals surface area contributed by atoms with Crippen molar-refractivity contribution >= 4 is 39.0 Å². The van der Waals surface area contributed by atoms with Crippen LogP contribution in [0.1, 0.15) is 42.4 Å². The van der Waals surface area contributed by atoms with E-state index in [1.54, 1.807) is 32.2 Å². The van der Waals surface area contributed by atoms with Gasteiger partial charge < -0.3 is 10.1 Å². The molecule has 0 aliphatic carbocycles. The number of benzene rings is 1. The van der Waals surface area contributed by atoms with Gasteiger partial charge in [0.25, 0.3) is 5.56 Å². The summed E-state index contributed by atoms with van der Waals surface area (Å²) >= 11 is 1.19. The lowest BCUT2D eigenvalue weighted by atomic mass is 10.1. The average molecular weight is 413 g/mol. The van der Waals surface area contributed by atoms with Crippen LogP contribution in [0.15, 0.2) is 28.4 Å². The van der Waals surface area contributed by atoms with Gasteiger partial charge in [-0.25, -0.2) is 4.79 Å². The number of thiophene rings is 1. The van der Waals surface area contributed by atoms with Crippen LogP contribution in [0.5, 0.6) is 0 Å². The average Bonchev–Trinajstić information content (AvgIpc) is 3.08. The molecule has 0 fully saturated rings. The van der Waals surface area contributed by atoms with E-state index in [-0.39, 0.29) is 29.5 Å². The summed E-state index contributed by atoms with van der Waals surface area (Å²) in [6.07, 6.45) is 0. The van der Waals surface area contributed by atoms with Crippen molar-refractivity contribution in [2.75, 3.05) is 11.9 Å². The van der Waals surface area contributed by atoms with Crippen LogP contribution in [0, 0.1) is 19.8 Å². The first-order valence-corrected chi connectivity index (χ1v) is 10.2. The largest absolute Gasteiger partial charge is 0.461 e. The molecule has 0 radical (unpaired) electrons. The molecule has 7 nitrogen and oxygen atoms in total. The van der Waals surface area contributed by atoms with Crippen LogP contribution in [0.25, 0.3) is 16.5 Å². The zero-order valence-corrected chi connectivity index (χ0v) is 17.8. The Balaban J connectivity index is 2.29. The molecule has 0 aliphatic rings. The molecule has 2 heterocycles. The molecule has 8 heteroatoms. The van der Waals surface area contributed by atoms with Crippen LogP contribution in [-0.2, 0) is 9.53 Å². The van der Waals surface area contributed by atoms with Gasteiger partial charge in [-0.3, -0.25) is 9.59 Å². The van der Waals surface area contributed by atoms with Gasteiger partial charge in [-0.05, 0) is 44.0 Å². The van der Waals surface area contributed by atoms with Crippen molar-refractivity contribution in [2.45, 2.75) is 34.6 Å². The number of ether oxygens (including phenoxy) is 1. The zero-order valence-electron chi connectivity index (χ0n) is 17.0. The maximum absolute atomic E-state index is 13.3. The molecular weight excluding hydrogens is 390 g/mol. The summed E-state index contributed by atoms with van der Waals surface area (Å²) in [7, 11) is 0. The highest BCUT2D eigenvalue weighted by atomic mass is 32.1. The van der Waals surface area contributed by atoms with Gasteiger partial charge in [0.2, 0.25) is 5.91 Å². The third-order valence-electron chi connectivity index (χ3n) is 4.62. The summed E-state index contributed by atoms with van der Waals surface area (Å²) in [5.41, 5.74) is 2.25. The number of amides is 1. The number of hydrogen-bond donors (Lipinski definition) is 1. The molecule has 0 aliphatic heterocycles. The van der Waals surface area contributed by atoms with Crippen molar-refractivity contribution in [2.24, 2.45) is 5.92 Å². The van der Waals surface area contributed by atoms with Crippen LogP contribution >= 0.6 is 11.3 Å². The Morgan fingerprint density at radius 1 is 1.24 bits per heavy atom. The predicted octanol–water partition coefficient (Wildman–Crippen LogP) is 3.84. The normalized spacial score (nSPS) is 11.1. The second-order valence-corrected chi connectivity index (χ2v) is 7.93. The summed E-state index contributed by atoms with van der Waals surface area (Å²) in [6.45, 7) is 9.34. The number of aryl methyl sites for hydroxylation is 2. The molecule has 29 heavy (non-hydrogen) atoms. The third-order valence-corrected chi connectivity index (χ3v) is 5.51. The number of carbonyl (C=O) groups excluding carboxylic acids is 2. The maximum atomic E-state index is 13.3. The van der Waals surface area contributed by atoms with Gasteiger partial charge >= 0.3 is 5.97 Å². The lowest BCUT2D eigenvalue weighted by Crippen LogP contribution is -2.26. The summed E-state index contributed by atoms with van der Waals surface area (Å²) < 4.78 is 6.33. The lowest BCUT2D eigenvalue weighted by molar-refractivity contribution is -0.118. The van der Waals surface area contributed by atoms with E-state index in [1.165, 1.54) is 16.0 Å². The molecule has 0 saturated carbocycles. The van der Waals surface area contributed by atoms with Crippen LogP contribution in [0.2, 0.25) is 0 Å². The summed E-state index contributed by atoms with van der Waals surface area (Å²) in [4.78, 5) is 38.0. The topological polar surface area (TPSA) is 90.3 Å². The number of hydrogen-bond acceptors (Lipinski definition) is 6. The van der Waals surface area contributed by atoms with Crippen molar-refractivity contribution in [3.63, 3.8) is 0 Å². The quantitative estimate of drug-likeness (QED) is 0.642. The van der Waals surface area contributed by atoms with E-state index in [1.807, 2.05) is 26.0 Å². The van der Waals surface area contributed by atoms with Crippen LogP contribution < -0.4 is 10.9 Å². The fraction of sp³-hybridized carbons (Fsp3) is 0.333. The number of nitrogens with zero attached hydrogens (tertiary/aromatic N) is 2. The molecule has 1 amide bonds. The van der Waals surface area contributed by atoms with E-state index in [9.17, 15) is 14.4 Å². The number of nitrogens with one attached hydrogen (secondary N) is 1. The summed E-state index contributed by atoms with van der Waals surface area (Å²) in [5, 5.41) is 9.77. The van der Waals surface area contributed by atoms with E-state index in [0.29, 0.717) is 16.1 Å². The molecule has 1 aromatic carbocycles. The van der Waals surface area contributed by atoms with Crippen molar-refractivity contribution in [1.29, 1.82) is 0 Å². The van der Waals surface area contributed by atoms with Crippen molar-refractivity contribution in [1.82, 2.24) is 9.78 Å². The second kappa shape index (κ2) is 8.16. The summed E-state index contributed by atoms with van der Waals surface area (Å²) in [6, 6.07) is 5.50. The molecule has 152 valence electrons. The van der Waals surface area contributed by atoms with Crippen molar-refractivity contribution in [3.05, 3.63) is 50.8 Å². The number of rotatable bonds is 5. The highest BCUT2D eigenvalue weighted by Crippen LogP contribution is 2.31. The van der Waals surface area contributed by atoms with Gasteiger partial charge in [0.15, 0.2) is 5.69 Å². The van der Waals surface area contributed by atoms with Crippen molar-refractivity contribution < 1.29 is 14.3 Å². The third kappa shape index (κ3) is 3.93. The molecule has 0 bridgehead atoms. The van der Waals surface area contributed by atoms with Gasteiger partial charge in [0.1, 0.15) is 5.00 Å². The maximum Gasteiger partial charge on any atom is 0.359 e. The Labute approximate surface area is 172 Å². The highest BCUT2D eigenvalue weighted by molar-refractivity contribution is 7.16. The number of esters is 1. The number of anilines is 1. The predicted molar refractivity (Wildman–Crippen MR) is 114 cm³/mol. The smallest absolute Gasteiger partial charge is 0.359 e. The first-order valence-electron chi connectivity index (χ1n) is 9.34. The van der Waals surface area contributed by atoms with E-state index in [4.69, 9.17) is 4.74 Å². The van der Waals surface area contributed by atoms with Gasteiger partial charge in [-0.1, -0.05) is 19.9 Å². The van der Waals surface area contributed by atoms with Gasteiger partial charge in [0.05, 0.1) is 17.7 Å². The second-order valence-electron chi connectivity index (χ2n) is 7.05. The Kier molecular flexibility index (Phi) is 5.83. The van der Waals surface area contributed by atoms with Crippen LogP contribution in [0.4, 0.5) is 5.00 Å². The fourth-order valence-electron chi connectivity index (χ4n) is 2.78. The Hall–Kier alpha value is -3.00. The standard InChI is InChI=1S/C21H23N3O4S/c1-6-28-21(27)17-15-10-29-19(22-18(25)11(2)3)16(15)20(26)24(23-17)14-8-7-12(4)13(5)9-14/h7-11H,6H2,1-5H3,(H,22,25). The number of fused-ring (bicyclic) bond motifs is 1. The lowest BCUT2D eigenvalue weighted by Gasteiger charge is -2.11. The minimum Gasteiger partial charge on any atom is -0.461 e. The molecule has 3 aromatic rings. The number of carbonyl (C=O) groups is 2. The fourth-order valence-corrected chi connectivity index (χ4v) is 3.72. The minimum absolute atomic E-state index is 0.0426. The van der Waals surface area contributed by atoms with Gasteiger partial charge in [-0.15, -0.1) is 11.3 Å². The number of aromatic nitrogens is 2. The molecule has 0 unspecified atom stereocenters. The van der Waals surface area contributed by atoms with E-state index < -0.39 is 11.5 Å². The van der Waals surface area contributed by atoms with Crippen LogP contribution in [0.3, 0.4) is 0 Å². The Morgan fingerprint density at radius 2 is 1.97 bits per heavy atom.